The van der Waals surface area contributed by atoms with Crippen LogP contribution in [0.15, 0.2) is 24.3 Å². The van der Waals surface area contributed by atoms with Crippen molar-refractivity contribution in [2.24, 2.45) is 0 Å². The molecule has 0 saturated heterocycles. The zero-order chi connectivity index (χ0) is 12.7. The number of carbonyl (C=O) groups is 1. The summed E-state index contributed by atoms with van der Waals surface area (Å²) in [5.41, 5.74) is 0.644. The summed E-state index contributed by atoms with van der Waals surface area (Å²) in [4.78, 5) is 13.8. The Balaban J connectivity index is 2.71. The number of rotatable bonds is 6. The van der Waals surface area contributed by atoms with Crippen LogP contribution in [0.3, 0.4) is 0 Å². The van der Waals surface area contributed by atoms with Crippen molar-refractivity contribution in [3.63, 3.8) is 0 Å². The maximum Gasteiger partial charge on any atom is 0.253 e. The van der Waals surface area contributed by atoms with Crippen LogP contribution in [0.4, 0.5) is 0 Å². The number of aliphatic hydroxyl groups excluding tert-OH is 1. The largest absolute Gasteiger partial charge is 0.497 e. The Kier molecular flexibility index (Phi) is 5.49. The highest BCUT2D eigenvalue weighted by molar-refractivity contribution is 5.94. The molecule has 94 valence electrons. The Morgan fingerprint density at radius 2 is 2.00 bits per heavy atom. The average molecular weight is 237 g/mol. The lowest BCUT2D eigenvalue weighted by Crippen LogP contribution is -2.32. The maximum absolute atomic E-state index is 12.1. The molecule has 1 N–H and O–H groups in total. The van der Waals surface area contributed by atoms with Gasteiger partial charge < -0.3 is 14.7 Å². The number of amides is 1. The minimum Gasteiger partial charge on any atom is -0.497 e. The molecule has 1 aromatic carbocycles. The summed E-state index contributed by atoms with van der Waals surface area (Å²) in [6, 6.07) is 7.05. The summed E-state index contributed by atoms with van der Waals surface area (Å²) in [5, 5.41) is 8.78. The van der Waals surface area contributed by atoms with Crippen molar-refractivity contribution in [3.05, 3.63) is 29.8 Å². The number of ether oxygens (including phenoxy) is 1. The number of methoxy groups -OCH3 is 1. The van der Waals surface area contributed by atoms with Crippen molar-refractivity contribution in [3.8, 4) is 5.75 Å². The normalized spacial score (nSPS) is 10.1. The van der Waals surface area contributed by atoms with Crippen molar-refractivity contribution in [2.75, 3.05) is 26.8 Å². The minimum atomic E-state index is -0.0106. The molecule has 1 amide bonds. The first-order chi connectivity index (χ1) is 8.22. The fourth-order valence-electron chi connectivity index (χ4n) is 1.58. The standard InChI is InChI=1S/C13H19NO3/c1-3-14(9-4-10-15)13(16)11-5-7-12(17-2)8-6-11/h5-8,15H,3-4,9-10H2,1-2H3. The van der Waals surface area contributed by atoms with E-state index in [-0.39, 0.29) is 12.5 Å². The smallest absolute Gasteiger partial charge is 0.253 e. The van der Waals surface area contributed by atoms with Gasteiger partial charge in [-0.2, -0.15) is 0 Å². The monoisotopic (exact) mass is 237 g/mol. The van der Waals surface area contributed by atoms with Gasteiger partial charge in [0.15, 0.2) is 0 Å². The van der Waals surface area contributed by atoms with E-state index in [0.29, 0.717) is 25.1 Å². The molecule has 0 atom stereocenters. The topological polar surface area (TPSA) is 49.8 Å². The molecular formula is C13H19NO3. The molecule has 0 unspecified atom stereocenters. The fourth-order valence-corrected chi connectivity index (χ4v) is 1.58. The van der Waals surface area contributed by atoms with Crippen LogP contribution in [0.2, 0.25) is 0 Å². The van der Waals surface area contributed by atoms with Crippen LogP contribution in [0.1, 0.15) is 23.7 Å². The Bertz CT molecular complexity index is 348. The third-order valence-electron chi connectivity index (χ3n) is 2.59. The van der Waals surface area contributed by atoms with Crippen molar-refractivity contribution in [2.45, 2.75) is 13.3 Å². The molecule has 1 rings (SSSR count). The lowest BCUT2D eigenvalue weighted by Gasteiger charge is -2.20. The lowest BCUT2D eigenvalue weighted by atomic mass is 10.2. The van der Waals surface area contributed by atoms with Crippen LogP contribution in [0, 0.1) is 0 Å². The molecule has 0 bridgehead atoms. The summed E-state index contributed by atoms with van der Waals surface area (Å²) in [6.07, 6.45) is 0.607. The Morgan fingerprint density at radius 1 is 1.35 bits per heavy atom. The van der Waals surface area contributed by atoms with Gasteiger partial charge in [0.2, 0.25) is 0 Å². The van der Waals surface area contributed by atoms with Gasteiger partial charge in [-0.15, -0.1) is 0 Å². The van der Waals surface area contributed by atoms with E-state index in [9.17, 15) is 4.79 Å². The molecule has 17 heavy (non-hydrogen) atoms. The number of hydrogen-bond acceptors (Lipinski definition) is 3. The van der Waals surface area contributed by atoms with Crippen LogP contribution >= 0.6 is 0 Å². The van der Waals surface area contributed by atoms with Gasteiger partial charge in [0, 0.05) is 25.3 Å². The van der Waals surface area contributed by atoms with E-state index in [1.165, 1.54) is 0 Å². The Hall–Kier alpha value is -1.55. The van der Waals surface area contributed by atoms with Gasteiger partial charge >= 0.3 is 0 Å². The van der Waals surface area contributed by atoms with E-state index < -0.39 is 0 Å². The van der Waals surface area contributed by atoms with E-state index in [1.54, 1.807) is 36.3 Å². The average Bonchev–Trinajstić information content (AvgIpc) is 2.39. The van der Waals surface area contributed by atoms with Gasteiger partial charge in [-0.3, -0.25) is 4.79 Å². The SMILES string of the molecule is CCN(CCCO)C(=O)c1ccc(OC)cc1. The van der Waals surface area contributed by atoms with Crippen molar-refractivity contribution >= 4 is 5.91 Å². The number of nitrogens with zero attached hydrogens (tertiary/aromatic N) is 1. The van der Waals surface area contributed by atoms with Gasteiger partial charge in [0.05, 0.1) is 7.11 Å². The van der Waals surface area contributed by atoms with Crippen LogP contribution in [0.5, 0.6) is 5.75 Å². The van der Waals surface area contributed by atoms with Crippen LogP contribution < -0.4 is 4.74 Å². The van der Waals surface area contributed by atoms with Crippen molar-refractivity contribution in [1.82, 2.24) is 4.90 Å². The van der Waals surface area contributed by atoms with Gasteiger partial charge in [0.1, 0.15) is 5.75 Å². The minimum absolute atomic E-state index is 0.0106. The molecule has 0 radical (unpaired) electrons. The van der Waals surface area contributed by atoms with E-state index in [4.69, 9.17) is 9.84 Å². The molecule has 0 spiro atoms. The molecule has 0 aliphatic heterocycles. The first-order valence-corrected chi connectivity index (χ1v) is 5.77. The second-order valence-corrected chi connectivity index (χ2v) is 3.69. The second kappa shape index (κ2) is 6.91. The van der Waals surface area contributed by atoms with Gasteiger partial charge in [-0.25, -0.2) is 0 Å². The number of aliphatic hydroxyl groups is 1. The summed E-state index contributed by atoms with van der Waals surface area (Å²) < 4.78 is 5.04. The van der Waals surface area contributed by atoms with Crippen LogP contribution in [0.25, 0.3) is 0 Å². The third-order valence-corrected chi connectivity index (χ3v) is 2.59. The second-order valence-electron chi connectivity index (χ2n) is 3.69. The molecule has 1 aromatic rings. The molecule has 0 aliphatic carbocycles. The molecule has 0 aromatic heterocycles. The summed E-state index contributed by atoms with van der Waals surface area (Å²) >= 11 is 0. The zero-order valence-electron chi connectivity index (χ0n) is 10.3. The molecule has 4 nitrogen and oxygen atoms in total. The predicted octanol–water partition coefficient (Wildman–Crippen LogP) is 1.54. The van der Waals surface area contributed by atoms with Gasteiger partial charge in [0.25, 0.3) is 5.91 Å². The molecule has 0 aliphatic rings. The zero-order valence-corrected chi connectivity index (χ0v) is 10.3. The fraction of sp³-hybridized carbons (Fsp3) is 0.462. The maximum atomic E-state index is 12.1. The molecule has 4 heteroatoms. The van der Waals surface area contributed by atoms with Crippen LogP contribution in [-0.2, 0) is 0 Å². The quantitative estimate of drug-likeness (QED) is 0.816. The highest BCUT2D eigenvalue weighted by atomic mass is 16.5. The van der Waals surface area contributed by atoms with E-state index >= 15 is 0 Å². The number of hydrogen-bond donors (Lipinski definition) is 1. The summed E-state index contributed by atoms with van der Waals surface area (Å²) in [5.74, 6) is 0.726. The first kappa shape index (κ1) is 13.5. The van der Waals surface area contributed by atoms with Crippen LogP contribution in [-0.4, -0.2) is 42.7 Å². The van der Waals surface area contributed by atoms with Crippen molar-refractivity contribution < 1.29 is 14.6 Å². The summed E-state index contributed by atoms with van der Waals surface area (Å²) in [7, 11) is 1.59. The van der Waals surface area contributed by atoms with Gasteiger partial charge in [-0.1, -0.05) is 0 Å². The number of carbonyl (C=O) groups excluding carboxylic acids is 1. The molecule has 0 saturated carbocycles. The Labute approximate surface area is 102 Å². The predicted molar refractivity (Wildman–Crippen MR) is 66.3 cm³/mol. The highest BCUT2D eigenvalue weighted by Crippen LogP contribution is 2.13. The van der Waals surface area contributed by atoms with E-state index in [1.807, 2.05) is 6.92 Å². The molecule has 0 fully saturated rings. The summed E-state index contributed by atoms with van der Waals surface area (Å²) in [6.45, 7) is 3.26. The lowest BCUT2D eigenvalue weighted by molar-refractivity contribution is 0.0754. The first-order valence-electron chi connectivity index (χ1n) is 5.77. The Morgan fingerprint density at radius 3 is 2.47 bits per heavy atom. The van der Waals surface area contributed by atoms with E-state index in [0.717, 1.165) is 5.75 Å². The van der Waals surface area contributed by atoms with E-state index in [2.05, 4.69) is 0 Å². The van der Waals surface area contributed by atoms with Crippen molar-refractivity contribution in [1.29, 1.82) is 0 Å². The molecular weight excluding hydrogens is 218 g/mol. The van der Waals surface area contributed by atoms with Gasteiger partial charge in [-0.05, 0) is 37.6 Å². The molecule has 0 heterocycles. The highest BCUT2D eigenvalue weighted by Gasteiger charge is 2.13. The number of benzene rings is 1. The third kappa shape index (κ3) is 3.75.